The first-order valence-corrected chi connectivity index (χ1v) is 6.09. The monoisotopic (exact) mass is 234 g/mol. The predicted octanol–water partition coefficient (Wildman–Crippen LogP) is 4.27. The topological polar surface area (TPSA) is 37.3 Å². The van der Waals surface area contributed by atoms with Gasteiger partial charge in [0.1, 0.15) is 0 Å². The van der Waals surface area contributed by atoms with Gasteiger partial charge in [0.15, 0.2) is 0 Å². The molecule has 0 atom stereocenters. The van der Waals surface area contributed by atoms with Crippen LogP contribution in [0.15, 0.2) is 48.6 Å². The molecule has 0 aromatic heterocycles. The van der Waals surface area contributed by atoms with E-state index in [2.05, 4.69) is 37.3 Å². The molecule has 0 unspecified atom stereocenters. The van der Waals surface area contributed by atoms with E-state index in [4.69, 9.17) is 5.11 Å². The number of carboxylic acid groups (broad SMARTS) is 1. The van der Waals surface area contributed by atoms with Crippen molar-refractivity contribution in [2.75, 3.05) is 0 Å². The number of carboxylic acids is 1. The highest BCUT2D eigenvalue weighted by atomic mass is 16.4. The summed E-state index contributed by atoms with van der Waals surface area (Å²) in [7, 11) is 0. The van der Waals surface area contributed by atoms with Gasteiger partial charge in [0.05, 0.1) is 6.42 Å². The van der Waals surface area contributed by atoms with Gasteiger partial charge in [-0.3, -0.25) is 4.79 Å². The van der Waals surface area contributed by atoms with Gasteiger partial charge in [-0.05, 0) is 25.7 Å². The smallest absolute Gasteiger partial charge is 0.307 e. The van der Waals surface area contributed by atoms with E-state index in [9.17, 15) is 4.79 Å². The highest BCUT2D eigenvalue weighted by molar-refractivity contribution is 5.68. The maximum Gasteiger partial charge on any atom is 0.307 e. The Morgan fingerprint density at radius 2 is 1.24 bits per heavy atom. The molecule has 0 aliphatic heterocycles. The third-order valence-electron chi connectivity index (χ3n) is 2.01. The molecule has 2 nitrogen and oxygen atoms in total. The number of hydrogen-bond donors (Lipinski definition) is 1. The zero-order valence-corrected chi connectivity index (χ0v) is 10.5. The Bertz CT molecular complexity index is 296. The quantitative estimate of drug-likeness (QED) is 0.605. The van der Waals surface area contributed by atoms with Crippen LogP contribution in [0.5, 0.6) is 0 Å². The third-order valence-corrected chi connectivity index (χ3v) is 2.01. The van der Waals surface area contributed by atoms with E-state index in [0.29, 0.717) is 0 Å². The van der Waals surface area contributed by atoms with E-state index < -0.39 is 5.97 Å². The fraction of sp³-hybridized carbons (Fsp3) is 0.400. The van der Waals surface area contributed by atoms with E-state index in [-0.39, 0.29) is 6.42 Å². The molecule has 0 aliphatic rings. The molecule has 1 N–H and O–H groups in total. The molecule has 0 saturated carbocycles. The van der Waals surface area contributed by atoms with Crippen LogP contribution in [-0.2, 0) is 4.79 Å². The molecule has 0 saturated heterocycles. The van der Waals surface area contributed by atoms with Gasteiger partial charge in [0.2, 0.25) is 0 Å². The standard InChI is InChI=1S/C15H22O2/c1-2-3-4-5-6-7-8-9-10-11-12-13-14-15(16)17/h3-4,6-7,9-10,12-13H,2,5,8,11,14H2,1H3,(H,16,17)/b4-3-,7-6-,10-9-,13-12-. The summed E-state index contributed by atoms with van der Waals surface area (Å²) in [6.07, 6.45) is 20.2. The van der Waals surface area contributed by atoms with E-state index in [1.54, 1.807) is 6.08 Å². The Morgan fingerprint density at radius 1 is 0.824 bits per heavy atom. The van der Waals surface area contributed by atoms with Crippen molar-refractivity contribution in [1.29, 1.82) is 0 Å². The number of allylic oxidation sites excluding steroid dienone is 7. The number of hydrogen-bond acceptors (Lipinski definition) is 1. The van der Waals surface area contributed by atoms with Crippen molar-refractivity contribution in [3.8, 4) is 0 Å². The van der Waals surface area contributed by atoms with Crippen LogP contribution in [-0.4, -0.2) is 11.1 Å². The van der Waals surface area contributed by atoms with Crippen molar-refractivity contribution in [2.24, 2.45) is 0 Å². The molecule has 0 aromatic rings. The molecule has 0 aliphatic carbocycles. The summed E-state index contributed by atoms with van der Waals surface area (Å²) in [4.78, 5) is 10.2. The second-order valence-electron chi connectivity index (χ2n) is 3.60. The summed E-state index contributed by atoms with van der Waals surface area (Å²) in [5, 5.41) is 8.39. The molecule has 0 spiro atoms. The van der Waals surface area contributed by atoms with Gasteiger partial charge in [0, 0.05) is 0 Å². The molecule has 0 fully saturated rings. The van der Waals surface area contributed by atoms with Crippen molar-refractivity contribution in [3.63, 3.8) is 0 Å². The van der Waals surface area contributed by atoms with Crippen molar-refractivity contribution in [2.45, 2.75) is 39.0 Å². The second kappa shape index (κ2) is 12.5. The second-order valence-corrected chi connectivity index (χ2v) is 3.60. The lowest BCUT2D eigenvalue weighted by atomic mass is 10.2. The minimum atomic E-state index is -0.784. The molecular formula is C15H22O2. The van der Waals surface area contributed by atoms with Gasteiger partial charge < -0.3 is 5.11 Å². The minimum Gasteiger partial charge on any atom is -0.481 e. The molecule has 94 valence electrons. The van der Waals surface area contributed by atoms with Crippen LogP contribution in [0.3, 0.4) is 0 Å². The van der Waals surface area contributed by atoms with Crippen molar-refractivity contribution >= 4 is 5.97 Å². The molecule has 17 heavy (non-hydrogen) atoms. The Kier molecular flexibility index (Phi) is 11.3. The molecule has 0 amide bonds. The zero-order valence-electron chi connectivity index (χ0n) is 10.5. The van der Waals surface area contributed by atoms with Crippen LogP contribution in [0, 0.1) is 0 Å². The van der Waals surface area contributed by atoms with Crippen molar-refractivity contribution in [3.05, 3.63) is 48.6 Å². The first-order chi connectivity index (χ1) is 8.27. The van der Waals surface area contributed by atoms with Crippen molar-refractivity contribution in [1.82, 2.24) is 0 Å². The maximum absolute atomic E-state index is 10.2. The normalized spacial score (nSPS) is 12.5. The number of aliphatic carboxylic acids is 1. The van der Waals surface area contributed by atoms with Gasteiger partial charge in [-0.15, -0.1) is 0 Å². The summed E-state index contributed by atoms with van der Waals surface area (Å²) >= 11 is 0. The summed E-state index contributed by atoms with van der Waals surface area (Å²) in [6.45, 7) is 2.13. The van der Waals surface area contributed by atoms with E-state index in [0.717, 1.165) is 25.7 Å². The average Bonchev–Trinajstić information content (AvgIpc) is 2.30. The largest absolute Gasteiger partial charge is 0.481 e. The van der Waals surface area contributed by atoms with Gasteiger partial charge in [-0.1, -0.05) is 55.5 Å². The molecular weight excluding hydrogens is 212 g/mol. The first-order valence-electron chi connectivity index (χ1n) is 6.09. The fourth-order valence-electron chi connectivity index (χ4n) is 1.16. The minimum absolute atomic E-state index is 0.109. The predicted molar refractivity (Wildman–Crippen MR) is 73.0 cm³/mol. The lowest BCUT2D eigenvalue weighted by Gasteiger charge is -1.85. The number of rotatable bonds is 9. The molecule has 0 heterocycles. The maximum atomic E-state index is 10.2. The highest BCUT2D eigenvalue weighted by Crippen LogP contribution is 1.94. The summed E-state index contributed by atoms with van der Waals surface area (Å²) < 4.78 is 0. The molecule has 0 bridgehead atoms. The Balaban J connectivity index is 3.45. The SMILES string of the molecule is CC/C=C\C/C=C\C/C=C\C/C=C\CC(=O)O. The lowest BCUT2D eigenvalue weighted by molar-refractivity contribution is -0.136. The molecule has 2 heteroatoms. The molecule has 0 radical (unpaired) electrons. The Morgan fingerprint density at radius 3 is 1.65 bits per heavy atom. The van der Waals surface area contributed by atoms with Gasteiger partial charge in [-0.2, -0.15) is 0 Å². The summed E-state index contributed by atoms with van der Waals surface area (Å²) in [6, 6.07) is 0. The van der Waals surface area contributed by atoms with Crippen LogP contribution in [0.2, 0.25) is 0 Å². The number of carbonyl (C=O) groups is 1. The van der Waals surface area contributed by atoms with Crippen molar-refractivity contribution < 1.29 is 9.90 Å². The van der Waals surface area contributed by atoms with E-state index in [1.807, 2.05) is 12.2 Å². The van der Waals surface area contributed by atoms with Gasteiger partial charge in [0.25, 0.3) is 0 Å². The summed E-state index contributed by atoms with van der Waals surface area (Å²) in [5.41, 5.74) is 0. The third kappa shape index (κ3) is 14.4. The molecule has 0 aromatic carbocycles. The highest BCUT2D eigenvalue weighted by Gasteiger charge is 1.86. The van der Waals surface area contributed by atoms with Crippen LogP contribution >= 0.6 is 0 Å². The van der Waals surface area contributed by atoms with Crippen LogP contribution in [0.25, 0.3) is 0 Å². The summed E-state index contributed by atoms with van der Waals surface area (Å²) in [5.74, 6) is -0.784. The zero-order chi connectivity index (χ0) is 12.8. The fourth-order valence-corrected chi connectivity index (χ4v) is 1.16. The average molecular weight is 234 g/mol. The van der Waals surface area contributed by atoms with Crippen LogP contribution in [0.1, 0.15) is 39.0 Å². The Labute approximate surface area is 104 Å². The van der Waals surface area contributed by atoms with E-state index in [1.165, 1.54) is 0 Å². The lowest BCUT2D eigenvalue weighted by Crippen LogP contribution is -1.89. The van der Waals surface area contributed by atoms with E-state index >= 15 is 0 Å². The van der Waals surface area contributed by atoms with Gasteiger partial charge in [-0.25, -0.2) is 0 Å². The molecule has 0 rings (SSSR count). The van der Waals surface area contributed by atoms with Crippen LogP contribution < -0.4 is 0 Å². The Hall–Kier alpha value is -1.57. The van der Waals surface area contributed by atoms with Gasteiger partial charge >= 0.3 is 5.97 Å². The first kappa shape index (κ1) is 15.4. The van der Waals surface area contributed by atoms with Crippen LogP contribution in [0.4, 0.5) is 0 Å².